The van der Waals surface area contributed by atoms with Gasteiger partial charge in [0.1, 0.15) is 6.33 Å². The van der Waals surface area contributed by atoms with Crippen LogP contribution in [0.3, 0.4) is 0 Å². The average Bonchev–Trinajstić information content (AvgIpc) is 2.88. The van der Waals surface area contributed by atoms with Crippen LogP contribution in [0.15, 0.2) is 49.1 Å². The van der Waals surface area contributed by atoms with E-state index < -0.39 is 0 Å². The molecule has 5 nitrogen and oxygen atoms in total. The maximum Gasteiger partial charge on any atom is 0.156 e. The molecule has 1 aromatic carbocycles. The van der Waals surface area contributed by atoms with Crippen molar-refractivity contribution < 1.29 is 0 Å². The molecule has 0 aliphatic carbocycles. The molecule has 0 atom stereocenters. The Morgan fingerprint density at radius 1 is 1.11 bits per heavy atom. The average molecular weight is 251 g/mol. The van der Waals surface area contributed by atoms with Crippen molar-refractivity contribution in [3.8, 4) is 16.9 Å². The molecule has 0 saturated heterocycles. The second-order valence-electron chi connectivity index (χ2n) is 4.32. The highest BCUT2D eigenvalue weighted by molar-refractivity contribution is 5.66. The Balaban J connectivity index is 2.00. The predicted octanol–water partition coefficient (Wildman–Crippen LogP) is 2.22. The molecule has 0 spiro atoms. The molecule has 0 aliphatic heterocycles. The van der Waals surface area contributed by atoms with E-state index in [9.17, 15) is 0 Å². The number of nitrogens with zero attached hydrogens (tertiary/aromatic N) is 4. The van der Waals surface area contributed by atoms with E-state index >= 15 is 0 Å². The number of nitrogens with two attached hydrogens (primary N) is 1. The number of nitrogen functional groups attached to an aromatic ring is 1. The van der Waals surface area contributed by atoms with Gasteiger partial charge in [0.15, 0.2) is 5.82 Å². The van der Waals surface area contributed by atoms with Gasteiger partial charge in [-0.05, 0) is 24.6 Å². The van der Waals surface area contributed by atoms with Gasteiger partial charge in [-0.2, -0.15) is 5.10 Å². The highest BCUT2D eigenvalue weighted by Crippen LogP contribution is 2.21. The minimum Gasteiger partial charge on any atom is -0.399 e. The zero-order valence-corrected chi connectivity index (χ0v) is 10.5. The summed E-state index contributed by atoms with van der Waals surface area (Å²) in [6.45, 7) is 1.92. The molecule has 2 aromatic heterocycles. The van der Waals surface area contributed by atoms with E-state index in [1.165, 1.54) is 6.33 Å². The molecule has 3 rings (SSSR count). The molecule has 0 fully saturated rings. The van der Waals surface area contributed by atoms with Crippen LogP contribution in [0.4, 0.5) is 5.69 Å². The minimum absolute atomic E-state index is 0.739. The Bertz CT molecular complexity index is 657. The Morgan fingerprint density at radius 3 is 2.79 bits per heavy atom. The SMILES string of the molecule is Cc1cc(-n2cc(-c3cccc(N)c3)cn2)ncn1. The monoisotopic (exact) mass is 251 g/mol. The quantitative estimate of drug-likeness (QED) is 0.709. The molecule has 5 heteroatoms. The van der Waals surface area contributed by atoms with E-state index in [4.69, 9.17) is 5.73 Å². The number of aromatic nitrogens is 4. The Labute approximate surface area is 110 Å². The summed E-state index contributed by atoms with van der Waals surface area (Å²) in [5.74, 6) is 0.752. The van der Waals surface area contributed by atoms with Gasteiger partial charge in [0.2, 0.25) is 0 Å². The maximum absolute atomic E-state index is 5.79. The van der Waals surface area contributed by atoms with E-state index in [2.05, 4.69) is 15.1 Å². The first kappa shape index (κ1) is 11.4. The summed E-state index contributed by atoms with van der Waals surface area (Å²) < 4.78 is 1.73. The van der Waals surface area contributed by atoms with Crippen LogP contribution in [0, 0.1) is 6.92 Å². The van der Waals surface area contributed by atoms with Crippen LogP contribution in [0.2, 0.25) is 0 Å². The zero-order chi connectivity index (χ0) is 13.2. The third-order valence-corrected chi connectivity index (χ3v) is 2.83. The summed E-state index contributed by atoms with van der Waals surface area (Å²) in [6, 6.07) is 9.60. The summed E-state index contributed by atoms with van der Waals surface area (Å²) >= 11 is 0. The van der Waals surface area contributed by atoms with E-state index in [-0.39, 0.29) is 0 Å². The second kappa shape index (κ2) is 4.53. The van der Waals surface area contributed by atoms with E-state index in [0.29, 0.717) is 0 Å². The fourth-order valence-corrected chi connectivity index (χ4v) is 1.88. The van der Waals surface area contributed by atoms with Crippen molar-refractivity contribution in [1.82, 2.24) is 19.7 Å². The third-order valence-electron chi connectivity index (χ3n) is 2.83. The lowest BCUT2D eigenvalue weighted by Crippen LogP contribution is -1.98. The second-order valence-corrected chi connectivity index (χ2v) is 4.32. The smallest absolute Gasteiger partial charge is 0.156 e. The lowest BCUT2D eigenvalue weighted by molar-refractivity contribution is 0.835. The third kappa shape index (κ3) is 2.30. The Hall–Kier alpha value is -2.69. The summed E-state index contributed by atoms with van der Waals surface area (Å²) in [5, 5.41) is 4.32. The lowest BCUT2D eigenvalue weighted by atomic mass is 10.1. The van der Waals surface area contributed by atoms with Gasteiger partial charge < -0.3 is 5.73 Å². The Morgan fingerprint density at radius 2 is 2.00 bits per heavy atom. The number of anilines is 1. The number of hydrogen-bond donors (Lipinski definition) is 1. The van der Waals surface area contributed by atoms with Crippen LogP contribution in [0.1, 0.15) is 5.69 Å². The molecule has 94 valence electrons. The first-order valence-electron chi connectivity index (χ1n) is 5.92. The number of aryl methyl sites for hydroxylation is 1. The van der Waals surface area contributed by atoms with Crippen molar-refractivity contribution in [2.45, 2.75) is 6.92 Å². The fraction of sp³-hybridized carbons (Fsp3) is 0.0714. The molecular formula is C14H13N5. The predicted molar refractivity (Wildman–Crippen MR) is 73.7 cm³/mol. The van der Waals surface area contributed by atoms with Crippen LogP contribution in [0.5, 0.6) is 0 Å². The number of hydrogen-bond acceptors (Lipinski definition) is 4. The van der Waals surface area contributed by atoms with Crippen LogP contribution >= 0.6 is 0 Å². The number of rotatable bonds is 2. The van der Waals surface area contributed by atoms with Gasteiger partial charge in [-0.3, -0.25) is 0 Å². The van der Waals surface area contributed by atoms with Gasteiger partial charge in [0, 0.05) is 29.2 Å². The van der Waals surface area contributed by atoms with Crippen molar-refractivity contribution >= 4 is 5.69 Å². The van der Waals surface area contributed by atoms with Crippen molar-refractivity contribution in [1.29, 1.82) is 0 Å². The van der Waals surface area contributed by atoms with Crippen molar-refractivity contribution in [3.63, 3.8) is 0 Å². The molecule has 0 saturated carbocycles. The summed E-state index contributed by atoms with van der Waals surface area (Å²) in [5.41, 5.74) is 9.48. The normalized spacial score (nSPS) is 10.6. The van der Waals surface area contributed by atoms with Crippen molar-refractivity contribution in [2.75, 3.05) is 5.73 Å². The van der Waals surface area contributed by atoms with Gasteiger partial charge >= 0.3 is 0 Å². The zero-order valence-electron chi connectivity index (χ0n) is 10.5. The highest BCUT2D eigenvalue weighted by Gasteiger charge is 2.05. The molecule has 0 bridgehead atoms. The molecule has 2 heterocycles. The topological polar surface area (TPSA) is 69.6 Å². The van der Waals surface area contributed by atoms with Crippen LogP contribution in [-0.2, 0) is 0 Å². The fourth-order valence-electron chi connectivity index (χ4n) is 1.88. The van der Waals surface area contributed by atoms with Gasteiger partial charge in [-0.15, -0.1) is 0 Å². The largest absolute Gasteiger partial charge is 0.399 e. The molecule has 0 aliphatic rings. The molecule has 0 unspecified atom stereocenters. The van der Waals surface area contributed by atoms with Crippen molar-refractivity contribution in [2.24, 2.45) is 0 Å². The first-order valence-corrected chi connectivity index (χ1v) is 5.92. The van der Waals surface area contributed by atoms with Gasteiger partial charge in [0.05, 0.1) is 6.20 Å². The maximum atomic E-state index is 5.79. The van der Waals surface area contributed by atoms with Gasteiger partial charge in [-0.25, -0.2) is 14.6 Å². The van der Waals surface area contributed by atoms with Crippen molar-refractivity contribution in [3.05, 3.63) is 54.7 Å². The lowest BCUT2D eigenvalue weighted by Gasteiger charge is -2.00. The summed E-state index contributed by atoms with van der Waals surface area (Å²) in [7, 11) is 0. The van der Waals surface area contributed by atoms with Crippen LogP contribution in [0.25, 0.3) is 16.9 Å². The van der Waals surface area contributed by atoms with E-state index in [0.717, 1.165) is 28.3 Å². The van der Waals surface area contributed by atoms with E-state index in [1.807, 2.05) is 43.5 Å². The van der Waals surface area contributed by atoms with Crippen LogP contribution in [-0.4, -0.2) is 19.7 Å². The van der Waals surface area contributed by atoms with Gasteiger partial charge in [0.25, 0.3) is 0 Å². The highest BCUT2D eigenvalue weighted by atomic mass is 15.3. The molecule has 3 aromatic rings. The molecule has 0 amide bonds. The number of benzene rings is 1. The first-order chi connectivity index (χ1) is 9.22. The minimum atomic E-state index is 0.739. The summed E-state index contributed by atoms with van der Waals surface area (Å²) in [4.78, 5) is 8.27. The summed E-state index contributed by atoms with van der Waals surface area (Å²) in [6.07, 6.45) is 5.26. The molecule has 19 heavy (non-hydrogen) atoms. The molecule has 2 N–H and O–H groups in total. The molecule has 0 radical (unpaired) electrons. The van der Waals surface area contributed by atoms with Gasteiger partial charge in [-0.1, -0.05) is 12.1 Å². The van der Waals surface area contributed by atoms with E-state index in [1.54, 1.807) is 10.9 Å². The van der Waals surface area contributed by atoms with Crippen LogP contribution < -0.4 is 5.73 Å². The Kier molecular flexibility index (Phi) is 2.72. The standard InChI is InChI=1S/C14H13N5/c1-10-5-14(17-9-16-10)19-8-12(7-18-19)11-3-2-4-13(15)6-11/h2-9H,15H2,1H3. The molecular weight excluding hydrogens is 238 g/mol.